The zero-order valence-electron chi connectivity index (χ0n) is 16.1. The first kappa shape index (κ1) is 19.2. The molecule has 2 fully saturated rings. The maximum absolute atomic E-state index is 12.9. The van der Waals surface area contributed by atoms with Crippen LogP contribution in [0.1, 0.15) is 0 Å². The fourth-order valence-corrected chi connectivity index (χ4v) is 5.46. The van der Waals surface area contributed by atoms with Crippen LogP contribution in [0.2, 0.25) is 0 Å². The average Bonchev–Trinajstić information content (AvgIpc) is 3.21. The third-order valence-electron chi connectivity index (χ3n) is 5.34. The Hall–Kier alpha value is -2.82. The second-order valence-electron chi connectivity index (χ2n) is 7.42. The van der Waals surface area contributed by atoms with E-state index in [1.165, 1.54) is 4.31 Å². The Labute approximate surface area is 174 Å². The second kappa shape index (κ2) is 7.46. The summed E-state index contributed by atoms with van der Waals surface area (Å²) in [7, 11) is -3.59. The minimum absolute atomic E-state index is 0.169. The van der Waals surface area contributed by atoms with Gasteiger partial charge in [-0.2, -0.15) is 4.31 Å². The number of hydrogen-bond donors (Lipinski definition) is 1. The first-order valence-corrected chi connectivity index (χ1v) is 11.1. The lowest BCUT2D eigenvalue weighted by Gasteiger charge is -2.45. The Bertz CT molecular complexity index is 1050. The van der Waals surface area contributed by atoms with E-state index in [9.17, 15) is 13.2 Å². The molecule has 30 heavy (non-hydrogen) atoms. The molecule has 9 nitrogen and oxygen atoms in total. The van der Waals surface area contributed by atoms with E-state index in [2.05, 4.69) is 5.32 Å². The zero-order valence-corrected chi connectivity index (χ0v) is 16.9. The summed E-state index contributed by atoms with van der Waals surface area (Å²) in [5, 5.41) is 2.86. The van der Waals surface area contributed by atoms with Gasteiger partial charge in [-0.1, -0.05) is 18.2 Å². The molecule has 1 N–H and O–H groups in total. The SMILES string of the molecule is O=C(Nc1ccc2c(c1)OCO2)N1C[C@@H]2CN(S(=O)(=O)c3ccccc3)C[C@H](C1)O2. The summed E-state index contributed by atoms with van der Waals surface area (Å²) in [6.45, 7) is 1.21. The molecule has 2 saturated heterocycles. The number of ether oxygens (including phenoxy) is 3. The number of benzene rings is 2. The molecular weight excluding hydrogens is 410 g/mol. The molecule has 5 rings (SSSR count). The second-order valence-corrected chi connectivity index (χ2v) is 9.36. The average molecular weight is 431 g/mol. The number of nitrogens with zero attached hydrogens (tertiary/aromatic N) is 2. The lowest BCUT2D eigenvalue weighted by atomic mass is 10.1. The number of anilines is 1. The zero-order chi connectivity index (χ0) is 20.7. The van der Waals surface area contributed by atoms with Gasteiger partial charge in [0, 0.05) is 24.8 Å². The van der Waals surface area contributed by atoms with E-state index in [0.29, 0.717) is 30.3 Å². The number of morpholine rings is 2. The van der Waals surface area contributed by atoms with Gasteiger partial charge in [0.25, 0.3) is 0 Å². The minimum atomic E-state index is -3.59. The van der Waals surface area contributed by atoms with Crippen LogP contribution in [0.3, 0.4) is 0 Å². The van der Waals surface area contributed by atoms with Gasteiger partial charge in [-0.3, -0.25) is 0 Å². The van der Waals surface area contributed by atoms with Crippen LogP contribution in [0, 0.1) is 0 Å². The molecule has 2 amide bonds. The van der Waals surface area contributed by atoms with Crippen LogP contribution >= 0.6 is 0 Å². The minimum Gasteiger partial charge on any atom is -0.454 e. The van der Waals surface area contributed by atoms with Crippen LogP contribution in [0.15, 0.2) is 53.4 Å². The van der Waals surface area contributed by atoms with Crippen LogP contribution in [0.5, 0.6) is 11.5 Å². The number of fused-ring (bicyclic) bond motifs is 3. The number of hydrogen-bond acceptors (Lipinski definition) is 6. The quantitative estimate of drug-likeness (QED) is 0.795. The number of nitrogens with one attached hydrogen (secondary N) is 1. The van der Waals surface area contributed by atoms with Crippen LogP contribution in [0.4, 0.5) is 10.5 Å². The fraction of sp³-hybridized carbons (Fsp3) is 0.350. The first-order chi connectivity index (χ1) is 14.5. The van der Waals surface area contributed by atoms with Crippen molar-refractivity contribution in [1.29, 1.82) is 0 Å². The normalized spacial score (nSPS) is 23.3. The van der Waals surface area contributed by atoms with Gasteiger partial charge in [-0.05, 0) is 24.3 Å². The van der Waals surface area contributed by atoms with Crippen LogP contribution in [-0.4, -0.2) is 68.8 Å². The van der Waals surface area contributed by atoms with Crippen molar-refractivity contribution in [2.75, 3.05) is 38.3 Å². The van der Waals surface area contributed by atoms with Crippen molar-refractivity contribution >= 4 is 21.7 Å². The van der Waals surface area contributed by atoms with E-state index in [0.717, 1.165) is 0 Å². The van der Waals surface area contributed by atoms with Crippen LogP contribution in [0.25, 0.3) is 0 Å². The molecule has 0 spiro atoms. The molecule has 3 aliphatic rings. The van der Waals surface area contributed by atoms with Gasteiger partial charge < -0.3 is 24.4 Å². The molecular formula is C20H21N3O6S. The number of urea groups is 1. The van der Waals surface area contributed by atoms with Crippen molar-refractivity contribution in [2.45, 2.75) is 17.1 Å². The summed E-state index contributed by atoms with van der Waals surface area (Å²) in [4.78, 5) is 14.7. The summed E-state index contributed by atoms with van der Waals surface area (Å²) >= 11 is 0. The Kier molecular flexibility index (Phi) is 4.76. The highest BCUT2D eigenvalue weighted by Gasteiger charge is 2.41. The predicted molar refractivity (Wildman–Crippen MR) is 107 cm³/mol. The standard InChI is InChI=1S/C20H21N3O6S/c24-20(21-14-6-7-18-19(8-14)28-13-27-18)22-9-15-11-23(12-16(10-22)29-15)30(25,26)17-4-2-1-3-5-17/h1-8,15-16H,9-13H2,(H,21,24)/t15-,16+. The third kappa shape index (κ3) is 3.57. The molecule has 0 radical (unpaired) electrons. The van der Waals surface area contributed by atoms with E-state index in [1.54, 1.807) is 53.4 Å². The summed E-state index contributed by atoms with van der Waals surface area (Å²) in [6, 6.07) is 13.3. The van der Waals surface area contributed by atoms with Crippen LogP contribution in [-0.2, 0) is 14.8 Å². The topological polar surface area (TPSA) is 97.4 Å². The Morgan fingerprint density at radius 2 is 1.63 bits per heavy atom. The summed E-state index contributed by atoms with van der Waals surface area (Å²) < 4.78 is 43.8. The van der Waals surface area contributed by atoms with E-state index in [-0.39, 0.29) is 43.0 Å². The summed E-state index contributed by atoms with van der Waals surface area (Å²) in [5.74, 6) is 1.24. The molecule has 158 valence electrons. The Morgan fingerprint density at radius 1 is 0.933 bits per heavy atom. The molecule has 0 aromatic heterocycles. The molecule has 2 aromatic rings. The molecule has 0 aliphatic carbocycles. The van der Waals surface area contributed by atoms with Crippen molar-refractivity contribution in [3.8, 4) is 11.5 Å². The number of carbonyl (C=O) groups is 1. The van der Waals surface area contributed by atoms with Gasteiger partial charge in [-0.25, -0.2) is 13.2 Å². The van der Waals surface area contributed by atoms with Gasteiger partial charge in [0.2, 0.25) is 16.8 Å². The highest BCUT2D eigenvalue weighted by Crippen LogP contribution is 2.34. The maximum atomic E-state index is 12.9. The predicted octanol–water partition coefficient (Wildman–Crippen LogP) is 1.72. The van der Waals surface area contributed by atoms with E-state index in [4.69, 9.17) is 14.2 Å². The largest absolute Gasteiger partial charge is 0.454 e. The van der Waals surface area contributed by atoms with Gasteiger partial charge in [0.15, 0.2) is 11.5 Å². The van der Waals surface area contributed by atoms with Crippen molar-refractivity contribution in [1.82, 2.24) is 9.21 Å². The molecule has 3 aliphatic heterocycles. The van der Waals surface area contributed by atoms with Crippen molar-refractivity contribution in [3.63, 3.8) is 0 Å². The van der Waals surface area contributed by atoms with E-state index >= 15 is 0 Å². The van der Waals surface area contributed by atoms with E-state index in [1.807, 2.05) is 0 Å². The first-order valence-electron chi connectivity index (χ1n) is 9.65. The Morgan fingerprint density at radius 3 is 2.37 bits per heavy atom. The van der Waals surface area contributed by atoms with Crippen molar-refractivity contribution in [3.05, 3.63) is 48.5 Å². The lowest BCUT2D eigenvalue weighted by Crippen LogP contribution is -2.61. The third-order valence-corrected chi connectivity index (χ3v) is 7.19. The summed E-state index contributed by atoms with van der Waals surface area (Å²) in [5.41, 5.74) is 0.606. The smallest absolute Gasteiger partial charge is 0.322 e. The lowest BCUT2D eigenvalue weighted by molar-refractivity contribution is -0.110. The van der Waals surface area contributed by atoms with Gasteiger partial charge in [0.05, 0.1) is 30.2 Å². The van der Waals surface area contributed by atoms with Crippen molar-refractivity contribution in [2.24, 2.45) is 0 Å². The number of sulfonamides is 1. The Balaban J connectivity index is 1.25. The molecule has 0 saturated carbocycles. The number of rotatable bonds is 3. The molecule has 3 heterocycles. The molecule has 10 heteroatoms. The van der Waals surface area contributed by atoms with E-state index < -0.39 is 10.0 Å². The maximum Gasteiger partial charge on any atom is 0.322 e. The molecule has 0 unspecified atom stereocenters. The van der Waals surface area contributed by atoms with Gasteiger partial charge >= 0.3 is 6.03 Å². The van der Waals surface area contributed by atoms with Crippen molar-refractivity contribution < 1.29 is 27.4 Å². The number of carbonyl (C=O) groups excluding carboxylic acids is 1. The highest BCUT2D eigenvalue weighted by molar-refractivity contribution is 7.89. The highest BCUT2D eigenvalue weighted by atomic mass is 32.2. The van der Waals surface area contributed by atoms with Crippen LogP contribution < -0.4 is 14.8 Å². The number of amides is 2. The molecule has 2 atom stereocenters. The van der Waals surface area contributed by atoms with Gasteiger partial charge in [-0.15, -0.1) is 0 Å². The molecule has 2 aromatic carbocycles. The monoisotopic (exact) mass is 431 g/mol. The summed E-state index contributed by atoms with van der Waals surface area (Å²) in [6.07, 6.45) is -0.753. The fourth-order valence-electron chi connectivity index (χ4n) is 3.94. The molecule has 2 bridgehead atoms. The van der Waals surface area contributed by atoms with Gasteiger partial charge in [0.1, 0.15) is 0 Å².